The minimum Gasteiger partial charge on any atom is -0.467 e. The molecule has 1 atom stereocenters. The summed E-state index contributed by atoms with van der Waals surface area (Å²) in [6.07, 6.45) is 5.31. The van der Waals surface area contributed by atoms with Crippen molar-refractivity contribution in [2.45, 2.75) is 61.4 Å². The van der Waals surface area contributed by atoms with E-state index in [-0.39, 0.29) is 29.8 Å². The maximum Gasteiger partial charge on any atom is 0.330 e. The number of H-pyrrole nitrogens is 1. The summed E-state index contributed by atoms with van der Waals surface area (Å²) in [6.45, 7) is 2.05. The van der Waals surface area contributed by atoms with Gasteiger partial charge in [-0.05, 0) is 44.7 Å². The van der Waals surface area contributed by atoms with Crippen LogP contribution in [0.2, 0.25) is 0 Å². The lowest BCUT2D eigenvalue weighted by Crippen LogP contribution is -2.32. The molecule has 0 unspecified atom stereocenters. The zero-order valence-corrected chi connectivity index (χ0v) is 17.2. The van der Waals surface area contributed by atoms with Crippen molar-refractivity contribution in [3.63, 3.8) is 0 Å². The van der Waals surface area contributed by atoms with Gasteiger partial charge < -0.3 is 9.73 Å². The van der Waals surface area contributed by atoms with Gasteiger partial charge in [0, 0.05) is 12.0 Å². The van der Waals surface area contributed by atoms with Crippen LogP contribution in [-0.4, -0.2) is 30.7 Å². The topological polar surface area (TPSA) is 123 Å². The lowest BCUT2D eigenvalue weighted by atomic mass is 10.3. The number of nitrogens with one attached hydrogen (secondary N) is 2. The summed E-state index contributed by atoms with van der Waals surface area (Å²) in [5, 5.41) is 3.06. The van der Waals surface area contributed by atoms with Crippen molar-refractivity contribution in [1.82, 2.24) is 24.8 Å². The van der Waals surface area contributed by atoms with E-state index in [9.17, 15) is 14.4 Å². The van der Waals surface area contributed by atoms with Crippen LogP contribution >= 0.6 is 11.8 Å². The SMILES string of the molecule is C[C@@H](Sc1nc(C2CC2)nc2c1c(=O)[nH]c(=O)n2C1CC1)C(=O)NCc1ccco1. The molecule has 2 N–H and O–H groups in total. The molecule has 0 spiro atoms. The van der Waals surface area contributed by atoms with Crippen LogP contribution in [0.4, 0.5) is 0 Å². The number of thioether (sulfide) groups is 1. The van der Waals surface area contributed by atoms with E-state index in [4.69, 9.17) is 4.42 Å². The number of amides is 1. The van der Waals surface area contributed by atoms with Crippen molar-refractivity contribution in [1.29, 1.82) is 0 Å². The van der Waals surface area contributed by atoms with Crippen LogP contribution in [0.15, 0.2) is 37.4 Å². The van der Waals surface area contributed by atoms with Crippen molar-refractivity contribution >= 4 is 28.7 Å². The molecule has 156 valence electrons. The quantitative estimate of drug-likeness (QED) is 0.437. The molecule has 0 bridgehead atoms. The van der Waals surface area contributed by atoms with Gasteiger partial charge in [-0.1, -0.05) is 11.8 Å². The summed E-state index contributed by atoms with van der Waals surface area (Å²) in [6, 6.07) is 3.61. The second-order valence-electron chi connectivity index (χ2n) is 7.78. The Labute approximate surface area is 175 Å². The first-order valence-corrected chi connectivity index (χ1v) is 10.9. The summed E-state index contributed by atoms with van der Waals surface area (Å²) in [5.41, 5.74) is -0.565. The van der Waals surface area contributed by atoms with E-state index in [1.807, 2.05) is 0 Å². The van der Waals surface area contributed by atoms with Crippen molar-refractivity contribution in [3.05, 3.63) is 50.8 Å². The highest BCUT2D eigenvalue weighted by Gasteiger charge is 2.32. The van der Waals surface area contributed by atoms with Crippen LogP contribution in [0.5, 0.6) is 0 Å². The summed E-state index contributed by atoms with van der Waals surface area (Å²) in [5.74, 6) is 1.36. The predicted molar refractivity (Wildman–Crippen MR) is 111 cm³/mol. The van der Waals surface area contributed by atoms with Gasteiger partial charge in [0.15, 0.2) is 5.65 Å². The van der Waals surface area contributed by atoms with Crippen LogP contribution in [0.1, 0.15) is 56.2 Å². The minimum absolute atomic E-state index is 0.0608. The van der Waals surface area contributed by atoms with Gasteiger partial charge in [0.25, 0.3) is 5.56 Å². The fourth-order valence-corrected chi connectivity index (χ4v) is 4.34. The number of nitrogens with zero attached hydrogens (tertiary/aromatic N) is 3. The number of furan rings is 1. The molecule has 0 radical (unpaired) electrons. The molecular weight excluding hydrogens is 406 g/mol. The van der Waals surface area contributed by atoms with E-state index in [2.05, 4.69) is 20.3 Å². The maximum atomic E-state index is 12.7. The van der Waals surface area contributed by atoms with E-state index in [1.165, 1.54) is 11.8 Å². The Bertz CT molecular complexity index is 1220. The second kappa shape index (κ2) is 7.42. The first-order valence-electron chi connectivity index (χ1n) is 10.0. The molecule has 3 heterocycles. The number of hydrogen-bond acceptors (Lipinski definition) is 7. The highest BCUT2D eigenvalue weighted by atomic mass is 32.2. The molecule has 2 aliphatic rings. The molecular formula is C20H21N5O4S. The van der Waals surface area contributed by atoms with Crippen LogP contribution < -0.4 is 16.6 Å². The predicted octanol–water partition coefficient (Wildman–Crippen LogP) is 2.08. The van der Waals surface area contributed by atoms with Crippen molar-refractivity contribution in [2.75, 3.05) is 0 Å². The molecule has 2 saturated carbocycles. The fraction of sp³-hybridized carbons (Fsp3) is 0.450. The van der Waals surface area contributed by atoms with Crippen molar-refractivity contribution in [3.8, 4) is 0 Å². The highest BCUT2D eigenvalue weighted by Crippen LogP contribution is 2.41. The average molecular weight is 427 g/mol. The zero-order chi connectivity index (χ0) is 20.8. The smallest absolute Gasteiger partial charge is 0.330 e. The van der Waals surface area contributed by atoms with Crippen LogP contribution in [-0.2, 0) is 11.3 Å². The van der Waals surface area contributed by atoms with Crippen LogP contribution in [0.25, 0.3) is 11.0 Å². The molecule has 3 aromatic rings. The number of rotatable bonds is 7. The second-order valence-corrected chi connectivity index (χ2v) is 9.11. The Kier molecular flexibility index (Phi) is 4.73. The molecule has 3 aromatic heterocycles. The van der Waals surface area contributed by atoms with E-state index in [0.717, 1.165) is 25.7 Å². The number of carbonyl (C=O) groups is 1. The first kappa shape index (κ1) is 19.1. The lowest BCUT2D eigenvalue weighted by Gasteiger charge is -2.14. The van der Waals surface area contributed by atoms with Gasteiger partial charge in [0.2, 0.25) is 5.91 Å². The van der Waals surface area contributed by atoms with Crippen molar-refractivity contribution < 1.29 is 9.21 Å². The van der Waals surface area contributed by atoms with E-state index in [1.54, 1.807) is 29.9 Å². The van der Waals surface area contributed by atoms with E-state index < -0.39 is 16.5 Å². The van der Waals surface area contributed by atoms with Gasteiger partial charge in [-0.15, -0.1) is 0 Å². The third kappa shape index (κ3) is 3.67. The molecule has 0 aromatic carbocycles. The third-order valence-corrected chi connectivity index (χ3v) is 6.38. The Balaban J connectivity index is 1.50. The van der Waals surface area contributed by atoms with Crippen molar-refractivity contribution in [2.24, 2.45) is 0 Å². The number of aromatic nitrogens is 4. The molecule has 10 heteroatoms. The van der Waals surface area contributed by atoms with Crippen LogP contribution in [0.3, 0.4) is 0 Å². The Morgan fingerprint density at radius 3 is 2.80 bits per heavy atom. The Hall–Kier alpha value is -2.88. The van der Waals surface area contributed by atoms with Gasteiger partial charge in [0.1, 0.15) is 22.0 Å². The van der Waals surface area contributed by atoms with Gasteiger partial charge in [-0.2, -0.15) is 0 Å². The normalized spacial score (nSPS) is 17.2. The summed E-state index contributed by atoms with van der Waals surface area (Å²) in [4.78, 5) is 49.3. The molecule has 0 saturated heterocycles. The van der Waals surface area contributed by atoms with Gasteiger partial charge in [-0.25, -0.2) is 14.8 Å². The highest BCUT2D eigenvalue weighted by molar-refractivity contribution is 8.00. The maximum absolute atomic E-state index is 12.7. The molecule has 2 aliphatic carbocycles. The molecule has 0 aliphatic heterocycles. The van der Waals surface area contributed by atoms with E-state index >= 15 is 0 Å². The largest absolute Gasteiger partial charge is 0.467 e. The Morgan fingerprint density at radius 1 is 1.33 bits per heavy atom. The van der Waals surface area contributed by atoms with E-state index in [0.29, 0.717) is 22.3 Å². The van der Waals surface area contributed by atoms with Crippen LogP contribution in [0, 0.1) is 0 Å². The standard InChI is InChI=1S/C20H21N5O4S/c1-10(17(26)21-9-13-3-2-8-29-13)30-19-14-16(22-15(23-19)11-4-5-11)25(12-6-7-12)20(28)24-18(14)27/h2-3,8,10-12H,4-7,9H2,1H3,(H,21,26)(H,24,27,28)/t10-/m1/s1. The number of fused-ring (bicyclic) bond motifs is 1. The Morgan fingerprint density at radius 2 is 2.13 bits per heavy atom. The number of carbonyl (C=O) groups excluding carboxylic acids is 1. The van der Waals surface area contributed by atoms with Gasteiger partial charge in [-0.3, -0.25) is 19.1 Å². The average Bonchev–Trinajstić information content (AvgIpc) is 3.65. The number of hydrogen-bond donors (Lipinski definition) is 2. The third-order valence-electron chi connectivity index (χ3n) is 5.30. The fourth-order valence-electron chi connectivity index (χ4n) is 3.37. The molecule has 5 rings (SSSR count). The monoisotopic (exact) mass is 427 g/mol. The summed E-state index contributed by atoms with van der Waals surface area (Å²) >= 11 is 1.21. The summed E-state index contributed by atoms with van der Waals surface area (Å²) in [7, 11) is 0. The molecule has 1 amide bonds. The lowest BCUT2D eigenvalue weighted by molar-refractivity contribution is -0.120. The molecule has 9 nitrogen and oxygen atoms in total. The van der Waals surface area contributed by atoms with Gasteiger partial charge >= 0.3 is 5.69 Å². The van der Waals surface area contributed by atoms with Gasteiger partial charge in [0.05, 0.1) is 18.1 Å². The number of aromatic amines is 1. The zero-order valence-electron chi connectivity index (χ0n) is 16.4. The molecule has 30 heavy (non-hydrogen) atoms. The first-order chi connectivity index (χ1) is 14.5. The molecule has 2 fully saturated rings. The summed E-state index contributed by atoms with van der Waals surface area (Å²) < 4.78 is 6.82. The minimum atomic E-state index is -0.514.